The average Bonchev–Trinajstić information content (AvgIpc) is 2.60. The number of benzene rings is 1. The highest BCUT2D eigenvalue weighted by Gasteiger charge is 2.14. The van der Waals surface area contributed by atoms with Crippen molar-refractivity contribution >= 4 is 23.4 Å². The summed E-state index contributed by atoms with van der Waals surface area (Å²) in [5, 5.41) is 5.23. The van der Waals surface area contributed by atoms with Gasteiger partial charge in [0.25, 0.3) is 0 Å². The van der Waals surface area contributed by atoms with E-state index in [9.17, 15) is 9.18 Å². The van der Waals surface area contributed by atoms with E-state index in [1.807, 2.05) is 4.90 Å². The molecule has 1 aromatic heterocycles. The first-order valence-corrected chi connectivity index (χ1v) is 7.61. The van der Waals surface area contributed by atoms with E-state index in [1.165, 1.54) is 24.5 Å². The number of morpholine rings is 1. The number of halogens is 1. The number of carbonyl (C=O) groups excluding carboxylic acids is 1. The smallest absolute Gasteiger partial charge is 0.323 e. The zero-order valence-electron chi connectivity index (χ0n) is 13.3. The van der Waals surface area contributed by atoms with Crippen LogP contribution in [-0.4, -0.2) is 42.3 Å². The van der Waals surface area contributed by atoms with Crippen LogP contribution in [0.1, 0.15) is 5.56 Å². The molecule has 0 bridgehead atoms. The maximum Gasteiger partial charge on any atom is 0.323 e. The summed E-state index contributed by atoms with van der Waals surface area (Å²) in [4.78, 5) is 22.5. The van der Waals surface area contributed by atoms with Gasteiger partial charge in [-0.25, -0.2) is 19.2 Å². The predicted octanol–water partition coefficient (Wildman–Crippen LogP) is 2.40. The number of amides is 2. The van der Waals surface area contributed by atoms with Crippen molar-refractivity contribution in [2.24, 2.45) is 0 Å². The number of rotatable bonds is 3. The molecule has 2 heterocycles. The summed E-state index contributed by atoms with van der Waals surface area (Å²) in [5.41, 5.74) is 1.25. The van der Waals surface area contributed by atoms with Crippen LogP contribution >= 0.6 is 0 Å². The SMILES string of the molecule is Cc1c(F)cccc1NC(=O)Nc1cnc(N2CCOCC2)nc1. The van der Waals surface area contributed by atoms with Crippen LogP contribution in [0.3, 0.4) is 0 Å². The number of aromatic nitrogens is 2. The molecule has 2 aromatic rings. The minimum absolute atomic E-state index is 0.369. The third kappa shape index (κ3) is 3.77. The maximum atomic E-state index is 13.5. The fraction of sp³-hybridized carbons (Fsp3) is 0.312. The average molecular weight is 331 g/mol. The van der Waals surface area contributed by atoms with E-state index in [0.29, 0.717) is 36.1 Å². The number of urea groups is 1. The minimum atomic E-state index is -0.480. The van der Waals surface area contributed by atoms with Crippen LogP contribution in [0.5, 0.6) is 0 Å². The number of ether oxygens (including phenoxy) is 1. The van der Waals surface area contributed by atoms with Crippen LogP contribution in [0.15, 0.2) is 30.6 Å². The van der Waals surface area contributed by atoms with Gasteiger partial charge in [0.1, 0.15) is 5.82 Å². The number of hydrogen-bond acceptors (Lipinski definition) is 5. The Labute approximate surface area is 138 Å². The number of nitrogens with one attached hydrogen (secondary N) is 2. The Kier molecular flexibility index (Phi) is 4.85. The molecule has 1 aliphatic heterocycles. The lowest BCUT2D eigenvalue weighted by Gasteiger charge is -2.26. The molecule has 1 fully saturated rings. The Morgan fingerprint density at radius 2 is 1.92 bits per heavy atom. The molecule has 3 rings (SSSR count). The van der Waals surface area contributed by atoms with Crippen molar-refractivity contribution in [1.29, 1.82) is 0 Å². The molecule has 126 valence electrons. The summed E-state index contributed by atoms with van der Waals surface area (Å²) in [6, 6.07) is 4.04. The maximum absolute atomic E-state index is 13.5. The van der Waals surface area contributed by atoms with Crippen molar-refractivity contribution in [1.82, 2.24) is 9.97 Å². The number of nitrogens with zero attached hydrogens (tertiary/aromatic N) is 3. The predicted molar refractivity (Wildman–Crippen MR) is 88.8 cm³/mol. The summed E-state index contributed by atoms with van der Waals surface area (Å²) >= 11 is 0. The normalized spacial score (nSPS) is 14.3. The Morgan fingerprint density at radius 3 is 2.62 bits per heavy atom. The monoisotopic (exact) mass is 331 g/mol. The first-order chi connectivity index (χ1) is 11.6. The van der Waals surface area contributed by atoms with E-state index >= 15 is 0 Å². The molecule has 0 saturated carbocycles. The molecule has 1 aliphatic rings. The third-order valence-corrected chi connectivity index (χ3v) is 3.71. The van der Waals surface area contributed by atoms with Crippen molar-refractivity contribution in [3.05, 3.63) is 42.0 Å². The van der Waals surface area contributed by atoms with Gasteiger partial charge in [-0.3, -0.25) is 0 Å². The Morgan fingerprint density at radius 1 is 1.21 bits per heavy atom. The summed E-state index contributed by atoms with van der Waals surface area (Å²) < 4.78 is 18.8. The molecule has 0 atom stereocenters. The summed E-state index contributed by atoms with van der Waals surface area (Å²) in [5.74, 6) is 0.233. The molecule has 0 unspecified atom stereocenters. The van der Waals surface area contributed by atoms with Crippen molar-refractivity contribution in [3.63, 3.8) is 0 Å². The second-order valence-corrected chi connectivity index (χ2v) is 5.36. The molecule has 0 spiro atoms. The van der Waals surface area contributed by atoms with E-state index in [-0.39, 0.29) is 5.82 Å². The van der Waals surface area contributed by atoms with Crippen molar-refractivity contribution in [2.75, 3.05) is 41.8 Å². The van der Waals surface area contributed by atoms with Gasteiger partial charge in [-0.2, -0.15) is 0 Å². The van der Waals surface area contributed by atoms with E-state index in [0.717, 1.165) is 13.1 Å². The number of carbonyl (C=O) groups is 1. The van der Waals surface area contributed by atoms with Crippen molar-refractivity contribution in [2.45, 2.75) is 6.92 Å². The summed E-state index contributed by atoms with van der Waals surface area (Å²) in [6.45, 7) is 4.39. The topological polar surface area (TPSA) is 79.4 Å². The van der Waals surface area contributed by atoms with Gasteiger partial charge < -0.3 is 20.3 Å². The largest absolute Gasteiger partial charge is 0.378 e. The standard InChI is InChI=1S/C16H18FN5O2/c1-11-13(17)3-2-4-14(11)21-16(23)20-12-9-18-15(19-10-12)22-5-7-24-8-6-22/h2-4,9-10H,5-8H2,1H3,(H2,20,21,23). The molecular formula is C16H18FN5O2. The van der Waals surface area contributed by atoms with Gasteiger partial charge in [0.15, 0.2) is 0 Å². The fourth-order valence-corrected chi connectivity index (χ4v) is 2.34. The Hall–Kier alpha value is -2.74. The second kappa shape index (κ2) is 7.22. The second-order valence-electron chi connectivity index (χ2n) is 5.36. The van der Waals surface area contributed by atoms with E-state index in [4.69, 9.17) is 4.74 Å². The highest BCUT2D eigenvalue weighted by Crippen LogP contribution is 2.18. The first kappa shape index (κ1) is 16.1. The Bertz CT molecular complexity index is 717. The fourth-order valence-electron chi connectivity index (χ4n) is 2.34. The van der Waals surface area contributed by atoms with Gasteiger partial charge in [0, 0.05) is 24.3 Å². The zero-order valence-corrected chi connectivity index (χ0v) is 13.3. The molecule has 7 nitrogen and oxygen atoms in total. The molecule has 2 N–H and O–H groups in total. The molecule has 1 saturated heterocycles. The molecule has 8 heteroatoms. The van der Waals surface area contributed by atoms with Crippen molar-refractivity contribution in [3.8, 4) is 0 Å². The van der Waals surface area contributed by atoms with E-state index in [2.05, 4.69) is 20.6 Å². The quantitative estimate of drug-likeness (QED) is 0.903. The highest BCUT2D eigenvalue weighted by molar-refractivity contribution is 6.00. The number of hydrogen-bond donors (Lipinski definition) is 2. The van der Waals surface area contributed by atoms with Gasteiger partial charge in [-0.15, -0.1) is 0 Å². The van der Waals surface area contributed by atoms with E-state index < -0.39 is 6.03 Å². The lowest BCUT2D eigenvalue weighted by atomic mass is 10.2. The van der Waals surface area contributed by atoms with Gasteiger partial charge in [0.05, 0.1) is 31.3 Å². The molecule has 1 aromatic carbocycles. The molecule has 0 aliphatic carbocycles. The number of anilines is 3. The van der Waals surface area contributed by atoms with Gasteiger partial charge >= 0.3 is 6.03 Å². The van der Waals surface area contributed by atoms with Crippen LogP contribution in [-0.2, 0) is 4.74 Å². The van der Waals surface area contributed by atoms with Crippen LogP contribution in [0.4, 0.5) is 26.5 Å². The summed E-state index contributed by atoms with van der Waals surface area (Å²) in [6.07, 6.45) is 3.08. The lowest BCUT2D eigenvalue weighted by molar-refractivity contribution is 0.122. The summed E-state index contributed by atoms with van der Waals surface area (Å²) in [7, 11) is 0. The minimum Gasteiger partial charge on any atom is -0.378 e. The highest BCUT2D eigenvalue weighted by atomic mass is 19.1. The molecule has 2 amide bonds. The van der Waals surface area contributed by atoms with Gasteiger partial charge in [-0.05, 0) is 19.1 Å². The van der Waals surface area contributed by atoms with Crippen LogP contribution in [0, 0.1) is 12.7 Å². The molecule has 24 heavy (non-hydrogen) atoms. The van der Waals surface area contributed by atoms with E-state index in [1.54, 1.807) is 13.0 Å². The van der Waals surface area contributed by atoms with Crippen LogP contribution < -0.4 is 15.5 Å². The van der Waals surface area contributed by atoms with Gasteiger partial charge in [0.2, 0.25) is 5.95 Å². The van der Waals surface area contributed by atoms with Crippen molar-refractivity contribution < 1.29 is 13.9 Å². The molecular weight excluding hydrogens is 313 g/mol. The Balaban J connectivity index is 1.61. The van der Waals surface area contributed by atoms with Crippen LogP contribution in [0.2, 0.25) is 0 Å². The third-order valence-electron chi connectivity index (χ3n) is 3.71. The van der Waals surface area contributed by atoms with Crippen LogP contribution in [0.25, 0.3) is 0 Å². The zero-order chi connectivity index (χ0) is 16.9. The van der Waals surface area contributed by atoms with Gasteiger partial charge in [-0.1, -0.05) is 6.07 Å². The lowest BCUT2D eigenvalue weighted by Crippen LogP contribution is -2.37. The molecule has 0 radical (unpaired) electrons. The first-order valence-electron chi connectivity index (χ1n) is 7.61.